The van der Waals surface area contributed by atoms with Crippen LogP contribution in [0.25, 0.3) is 0 Å². The largest absolute Gasteiger partial charge is 0.384 e. The Bertz CT molecular complexity index is 449. The maximum Gasteiger partial charge on any atom is 0.104 e. The smallest absolute Gasteiger partial charge is 0.104 e. The predicted molar refractivity (Wildman–Crippen MR) is 81.2 cm³/mol. The van der Waals surface area contributed by atoms with E-state index in [0.29, 0.717) is 0 Å². The van der Waals surface area contributed by atoms with Crippen LogP contribution in [0.15, 0.2) is 12.1 Å². The topological polar surface area (TPSA) is 23.5 Å². The molecule has 1 heterocycles. The Hall–Kier alpha value is -0.820. The van der Waals surface area contributed by atoms with Crippen molar-refractivity contribution in [3.8, 4) is 11.8 Å². The Labute approximate surface area is 120 Å². The van der Waals surface area contributed by atoms with Crippen molar-refractivity contribution in [1.29, 1.82) is 0 Å². The molecule has 2 nitrogen and oxygen atoms in total. The molecule has 0 unspecified atom stereocenters. The molecule has 1 aromatic heterocycles. The Kier molecular flexibility index (Phi) is 5.45. The van der Waals surface area contributed by atoms with Gasteiger partial charge in [0.15, 0.2) is 0 Å². The molecular weight excluding hydrogens is 254 g/mol. The predicted octanol–water partition coefficient (Wildman–Crippen LogP) is 3.10. The van der Waals surface area contributed by atoms with Gasteiger partial charge in [-0.25, -0.2) is 0 Å². The van der Waals surface area contributed by atoms with Crippen molar-refractivity contribution in [2.75, 3.05) is 13.7 Å². The van der Waals surface area contributed by atoms with E-state index >= 15 is 0 Å². The summed E-state index contributed by atoms with van der Waals surface area (Å²) in [6.07, 6.45) is 5.40. The van der Waals surface area contributed by atoms with E-state index in [1.807, 2.05) is 0 Å². The molecule has 3 heteroatoms. The van der Waals surface area contributed by atoms with Crippen LogP contribution in [0.1, 0.15) is 42.4 Å². The van der Waals surface area contributed by atoms with Crippen LogP contribution in [0.5, 0.6) is 0 Å². The molecule has 1 aliphatic rings. The highest BCUT2D eigenvalue weighted by molar-refractivity contribution is 7.12. The third kappa shape index (κ3) is 4.35. The summed E-state index contributed by atoms with van der Waals surface area (Å²) < 4.78 is 0. The Balaban J connectivity index is 1.88. The van der Waals surface area contributed by atoms with Crippen LogP contribution in [-0.4, -0.2) is 29.7 Å². The fraction of sp³-hybridized carbons (Fsp3) is 0.625. The van der Waals surface area contributed by atoms with Crippen molar-refractivity contribution in [2.45, 2.75) is 45.2 Å². The summed E-state index contributed by atoms with van der Waals surface area (Å²) in [6.45, 7) is 3.32. The molecule has 0 atom stereocenters. The van der Waals surface area contributed by atoms with Gasteiger partial charge in [-0.2, -0.15) is 0 Å². The van der Waals surface area contributed by atoms with Crippen molar-refractivity contribution in [3.05, 3.63) is 21.9 Å². The number of nitrogens with zero attached hydrogens (tertiary/aromatic N) is 1. The van der Waals surface area contributed by atoms with Gasteiger partial charge in [0, 0.05) is 17.5 Å². The summed E-state index contributed by atoms with van der Waals surface area (Å²) in [5, 5.41) is 8.69. The molecular formula is C16H23NOS. The molecule has 0 radical (unpaired) electrons. The average Bonchev–Trinajstić information content (AvgIpc) is 2.84. The summed E-state index contributed by atoms with van der Waals surface area (Å²) in [4.78, 5) is 4.90. The van der Waals surface area contributed by atoms with Gasteiger partial charge in [0.2, 0.25) is 0 Å². The van der Waals surface area contributed by atoms with E-state index in [0.717, 1.165) is 23.4 Å². The van der Waals surface area contributed by atoms with Crippen LogP contribution >= 0.6 is 11.3 Å². The van der Waals surface area contributed by atoms with Gasteiger partial charge in [0.05, 0.1) is 4.88 Å². The maximum atomic E-state index is 8.69. The van der Waals surface area contributed by atoms with E-state index < -0.39 is 0 Å². The number of aliphatic hydroxyl groups excluding tert-OH is 1. The van der Waals surface area contributed by atoms with Crippen LogP contribution in [0.2, 0.25) is 0 Å². The molecule has 0 amide bonds. The molecule has 0 aromatic carbocycles. The first-order valence-corrected chi connectivity index (χ1v) is 7.89. The van der Waals surface area contributed by atoms with Crippen molar-refractivity contribution in [2.24, 2.45) is 5.92 Å². The number of aliphatic hydroxyl groups is 1. The number of hydrogen-bond acceptors (Lipinski definition) is 3. The second kappa shape index (κ2) is 7.09. The quantitative estimate of drug-likeness (QED) is 0.858. The first kappa shape index (κ1) is 14.6. The average molecular weight is 277 g/mol. The number of hydrogen-bond donors (Lipinski definition) is 1. The normalized spacial score (nSPS) is 23.2. The molecule has 1 aromatic rings. The van der Waals surface area contributed by atoms with Crippen LogP contribution in [-0.2, 0) is 6.54 Å². The van der Waals surface area contributed by atoms with Gasteiger partial charge in [0.25, 0.3) is 0 Å². The van der Waals surface area contributed by atoms with Crippen LogP contribution < -0.4 is 0 Å². The molecule has 1 fully saturated rings. The zero-order valence-corrected chi connectivity index (χ0v) is 12.7. The molecule has 0 aliphatic heterocycles. The van der Waals surface area contributed by atoms with E-state index in [-0.39, 0.29) is 6.61 Å². The fourth-order valence-corrected chi connectivity index (χ4v) is 3.66. The summed E-state index contributed by atoms with van der Waals surface area (Å²) in [5.41, 5.74) is 0. The van der Waals surface area contributed by atoms with Gasteiger partial charge in [-0.3, -0.25) is 4.90 Å². The van der Waals surface area contributed by atoms with Crippen molar-refractivity contribution in [1.82, 2.24) is 4.90 Å². The van der Waals surface area contributed by atoms with E-state index in [9.17, 15) is 0 Å². The van der Waals surface area contributed by atoms with Gasteiger partial charge < -0.3 is 5.11 Å². The monoisotopic (exact) mass is 277 g/mol. The third-order valence-electron chi connectivity index (χ3n) is 3.97. The van der Waals surface area contributed by atoms with Crippen LogP contribution in [0.4, 0.5) is 0 Å². The fourth-order valence-electron chi connectivity index (χ4n) is 2.71. The van der Waals surface area contributed by atoms with Gasteiger partial charge in [-0.1, -0.05) is 18.8 Å². The summed E-state index contributed by atoms with van der Waals surface area (Å²) >= 11 is 1.74. The highest BCUT2D eigenvalue weighted by Crippen LogP contribution is 2.28. The zero-order chi connectivity index (χ0) is 13.7. The van der Waals surface area contributed by atoms with Gasteiger partial charge in [-0.15, -0.1) is 11.3 Å². The summed E-state index contributed by atoms with van der Waals surface area (Å²) in [5.74, 6) is 6.58. The minimum Gasteiger partial charge on any atom is -0.384 e. The lowest BCUT2D eigenvalue weighted by Gasteiger charge is -2.33. The van der Waals surface area contributed by atoms with E-state index in [4.69, 9.17) is 5.11 Å². The lowest BCUT2D eigenvalue weighted by atomic mass is 9.87. The van der Waals surface area contributed by atoms with Gasteiger partial charge in [0.1, 0.15) is 6.61 Å². The Morgan fingerprint density at radius 2 is 2.05 bits per heavy atom. The van der Waals surface area contributed by atoms with Crippen molar-refractivity contribution < 1.29 is 5.11 Å². The molecule has 2 rings (SSSR count). The zero-order valence-electron chi connectivity index (χ0n) is 11.9. The molecule has 1 saturated carbocycles. The lowest BCUT2D eigenvalue weighted by Crippen LogP contribution is -2.34. The van der Waals surface area contributed by atoms with Crippen molar-refractivity contribution >= 4 is 11.3 Å². The molecule has 0 bridgehead atoms. The summed E-state index contributed by atoms with van der Waals surface area (Å²) in [6, 6.07) is 4.96. The van der Waals surface area contributed by atoms with E-state index in [2.05, 4.69) is 42.8 Å². The second-order valence-electron chi connectivity index (χ2n) is 5.55. The minimum atomic E-state index is -0.0621. The first-order chi connectivity index (χ1) is 9.19. The van der Waals surface area contributed by atoms with Crippen LogP contribution in [0.3, 0.4) is 0 Å². The molecule has 19 heavy (non-hydrogen) atoms. The Morgan fingerprint density at radius 1 is 1.32 bits per heavy atom. The maximum absolute atomic E-state index is 8.69. The number of rotatable bonds is 3. The van der Waals surface area contributed by atoms with Gasteiger partial charge in [-0.05, 0) is 50.8 Å². The lowest BCUT2D eigenvalue weighted by molar-refractivity contribution is 0.165. The second-order valence-corrected chi connectivity index (χ2v) is 6.72. The Morgan fingerprint density at radius 3 is 2.74 bits per heavy atom. The van der Waals surface area contributed by atoms with Crippen molar-refractivity contribution in [3.63, 3.8) is 0 Å². The van der Waals surface area contributed by atoms with Gasteiger partial charge >= 0.3 is 0 Å². The highest BCUT2D eigenvalue weighted by Gasteiger charge is 2.21. The van der Waals surface area contributed by atoms with Crippen LogP contribution in [0, 0.1) is 17.8 Å². The van der Waals surface area contributed by atoms with E-state index in [1.165, 1.54) is 30.6 Å². The third-order valence-corrected chi connectivity index (χ3v) is 4.95. The summed E-state index contributed by atoms with van der Waals surface area (Å²) in [7, 11) is 2.24. The standard InChI is InChI=1S/C16H23NOS/c1-13-5-7-14(8-6-13)17(2)12-16-10-9-15(19-16)4-3-11-18/h9-10,13-14,18H,5-8,11-12H2,1-2H3. The molecule has 0 spiro atoms. The number of thiophene rings is 1. The first-order valence-electron chi connectivity index (χ1n) is 7.07. The molecule has 1 N–H and O–H groups in total. The van der Waals surface area contributed by atoms with E-state index in [1.54, 1.807) is 11.3 Å². The SMILES string of the molecule is CC1CCC(N(C)Cc2ccc(C#CCO)s2)CC1. The molecule has 0 saturated heterocycles. The molecule has 104 valence electrons. The highest BCUT2D eigenvalue weighted by atomic mass is 32.1. The minimum absolute atomic E-state index is 0.0621. The molecule has 1 aliphatic carbocycles.